The number of nitrogens with one attached hydrogen (secondary N) is 1. The minimum atomic E-state index is -0.749. The van der Waals surface area contributed by atoms with Gasteiger partial charge in [0.15, 0.2) is 0 Å². The van der Waals surface area contributed by atoms with Crippen molar-refractivity contribution in [2.75, 3.05) is 11.9 Å². The molecule has 1 fully saturated rings. The quantitative estimate of drug-likeness (QED) is 0.796. The Kier molecular flexibility index (Phi) is 4.67. The Morgan fingerprint density at radius 3 is 2.24 bits per heavy atom. The van der Waals surface area contributed by atoms with E-state index in [0.29, 0.717) is 31.4 Å². The van der Waals surface area contributed by atoms with Crippen molar-refractivity contribution in [3.8, 4) is 5.75 Å². The number of carbonyl (C=O) groups is 2. The molecule has 0 radical (unpaired) electrons. The van der Waals surface area contributed by atoms with Crippen LogP contribution in [0, 0.1) is 5.92 Å². The first-order chi connectivity index (χ1) is 9.97. The van der Waals surface area contributed by atoms with Crippen LogP contribution in [0.1, 0.15) is 25.7 Å². The second-order valence-electron chi connectivity index (χ2n) is 5.41. The number of urea groups is 1. The zero-order valence-corrected chi connectivity index (χ0v) is 12.0. The first-order valence-corrected chi connectivity index (χ1v) is 7.03. The van der Waals surface area contributed by atoms with Crippen molar-refractivity contribution in [3.05, 3.63) is 24.3 Å². The summed E-state index contributed by atoms with van der Waals surface area (Å²) in [5.74, 6) is -0.881. The second kappa shape index (κ2) is 6.47. The summed E-state index contributed by atoms with van der Waals surface area (Å²) in [7, 11) is 1.66. The Bertz CT molecular complexity index is 507. The highest BCUT2D eigenvalue weighted by Gasteiger charge is 2.27. The summed E-state index contributed by atoms with van der Waals surface area (Å²) in [5, 5.41) is 21.1. The Morgan fingerprint density at radius 2 is 1.71 bits per heavy atom. The van der Waals surface area contributed by atoms with Gasteiger partial charge in [0.25, 0.3) is 0 Å². The number of aliphatic carboxylic acids is 1. The zero-order valence-electron chi connectivity index (χ0n) is 12.0. The third-order valence-corrected chi connectivity index (χ3v) is 3.95. The molecule has 0 heterocycles. The van der Waals surface area contributed by atoms with Crippen LogP contribution in [0.3, 0.4) is 0 Å². The summed E-state index contributed by atoms with van der Waals surface area (Å²) in [4.78, 5) is 24.5. The second-order valence-corrected chi connectivity index (χ2v) is 5.41. The molecule has 2 rings (SSSR count). The van der Waals surface area contributed by atoms with Gasteiger partial charge >= 0.3 is 12.0 Å². The van der Waals surface area contributed by atoms with E-state index in [1.54, 1.807) is 19.2 Å². The lowest BCUT2D eigenvalue weighted by atomic mass is 9.86. The first kappa shape index (κ1) is 15.2. The number of aromatic hydroxyl groups is 1. The largest absolute Gasteiger partial charge is 0.508 e. The van der Waals surface area contributed by atoms with Gasteiger partial charge in [0, 0.05) is 18.8 Å². The molecule has 0 unspecified atom stereocenters. The molecule has 114 valence electrons. The van der Waals surface area contributed by atoms with Crippen LogP contribution in [0.2, 0.25) is 0 Å². The highest BCUT2D eigenvalue weighted by molar-refractivity contribution is 5.91. The number of phenolic OH excluding ortho intramolecular Hbond substituents is 1. The summed E-state index contributed by atoms with van der Waals surface area (Å²) in [6, 6.07) is 6.17. The fourth-order valence-corrected chi connectivity index (χ4v) is 2.55. The number of nitrogens with zero attached hydrogens (tertiary/aromatic N) is 1. The summed E-state index contributed by atoms with van der Waals surface area (Å²) in [6.07, 6.45) is 2.57. The molecule has 3 N–H and O–H groups in total. The number of phenols is 1. The SMILES string of the molecule is CN(C(=O)NC1CCC(C(=O)O)CC1)c1ccc(O)cc1. The Balaban J connectivity index is 1.87. The topological polar surface area (TPSA) is 89.9 Å². The van der Waals surface area contributed by atoms with Crippen molar-refractivity contribution in [1.82, 2.24) is 5.32 Å². The van der Waals surface area contributed by atoms with E-state index in [0.717, 1.165) is 0 Å². The minimum Gasteiger partial charge on any atom is -0.508 e. The van der Waals surface area contributed by atoms with Crippen molar-refractivity contribution in [1.29, 1.82) is 0 Å². The van der Waals surface area contributed by atoms with Gasteiger partial charge in [-0.25, -0.2) is 4.79 Å². The van der Waals surface area contributed by atoms with E-state index in [9.17, 15) is 14.7 Å². The van der Waals surface area contributed by atoms with Crippen LogP contribution < -0.4 is 10.2 Å². The van der Waals surface area contributed by atoms with Gasteiger partial charge in [-0.2, -0.15) is 0 Å². The molecule has 1 saturated carbocycles. The van der Waals surface area contributed by atoms with Crippen LogP contribution in [0.4, 0.5) is 10.5 Å². The van der Waals surface area contributed by atoms with Crippen LogP contribution in [-0.4, -0.2) is 35.3 Å². The number of hydrogen-bond acceptors (Lipinski definition) is 3. The van der Waals surface area contributed by atoms with Crippen LogP contribution >= 0.6 is 0 Å². The maximum atomic E-state index is 12.1. The lowest BCUT2D eigenvalue weighted by Crippen LogP contribution is -2.45. The lowest BCUT2D eigenvalue weighted by Gasteiger charge is -2.28. The van der Waals surface area contributed by atoms with Gasteiger partial charge in [-0.1, -0.05) is 0 Å². The van der Waals surface area contributed by atoms with Gasteiger partial charge in [-0.15, -0.1) is 0 Å². The van der Waals surface area contributed by atoms with Gasteiger partial charge in [0.05, 0.1) is 5.92 Å². The highest BCUT2D eigenvalue weighted by atomic mass is 16.4. The fraction of sp³-hybridized carbons (Fsp3) is 0.467. The molecule has 0 bridgehead atoms. The maximum Gasteiger partial charge on any atom is 0.321 e. The minimum absolute atomic E-state index is 0.0210. The van der Waals surface area contributed by atoms with Crippen LogP contribution in [0.15, 0.2) is 24.3 Å². The molecule has 0 saturated heterocycles. The average Bonchev–Trinajstić information content (AvgIpc) is 2.47. The molecule has 21 heavy (non-hydrogen) atoms. The van der Waals surface area contributed by atoms with E-state index in [4.69, 9.17) is 5.11 Å². The average molecular weight is 292 g/mol. The number of carbonyl (C=O) groups excluding carboxylic acids is 1. The van der Waals surface area contributed by atoms with Gasteiger partial charge in [0.2, 0.25) is 0 Å². The summed E-state index contributed by atoms with van der Waals surface area (Å²) in [6.45, 7) is 0. The molecule has 6 heteroatoms. The predicted molar refractivity (Wildman–Crippen MR) is 78.4 cm³/mol. The van der Waals surface area contributed by atoms with Crippen LogP contribution in [0.5, 0.6) is 5.75 Å². The van der Waals surface area contributed by atoms with Gasteiger partial charge in [0.1, 0.15) is 5.75 Å². The normalized spacial score (nSPS) is 21.6. The molecule has 1 aromatic rings. The van der Waals surface area contributed by atoms with Crippen molar-refractivity contribution < 1.29 is 19.8 Å². The summed E-state index contributed by atoms with van der Waals surface area (Å²) < 4.78 is 0. The van der Waals surface area contributed by atoms with Crippen LogP contribution in [0.25, 0.3) is 0 Å². The van der Waals surface area contributed by atoms with Crippen molar-refractivity contribution in [2.24, 2.45) is 5.92 Å². The van der Waals surface area contributed by atoms with Gasteiger partial charge in [-0.05, 0) is 49.9 Å². The Morgan fingerprint density at radius 1 is 1.14 bits per heavy atom. The van der Waals surface area contributed by atoms with Crippen molar-refractivity contribution in [3.63, 3.8) is 0 Å². The molecule has 1 aliphatic carbocycles. The van der Waals surface area contributed by atoms with E-state index in [1.165, 1.54) is 17.0 Å². The Hall–Kier alpha value is -2.24. The standard InChI is InChI=1S/C15H20N2O4/c1-17(12-6-8-13(18)9-7-12)15(21)16-11-4-2-10(3-5-11)14(19)20/h6-11,18H,2-5H2,1H3,(H,16,21)(H,19,20). The lowest BCUT2D eigenvalue weighted by molar-refractivity contribution is -0.142. The smallest absolute Gasteiger partial charge is 0.321 e. The van der Waals surface area contributed by atoms with Gasteiger partial charge in [-0.3, -0.25) is 9.69 Å². The fourth-order valence-electron chi connectivity index (χ4n) is 2.55. The van der Waals surface area contributed by atoms with E-state index in [1.807, 2.05) is 0 Å². The molecular formula is C15H20N2O4. The molecule has 0 aromatic heterocycles. The van der Waals surface area contributed by atoms with E-state index >= 15 is 0 Å². The molecular weight excluding hydrogens is 272 g/mol. The third-order valence-electron chi connectivity index (χ3n) is 3.95. The molecule has 6 nitrogen and oxygen atoms in total. The maximum absolute atomic E-state index is 12.1. The van der Waals surface area contributed by atoms with E-state index in [-0.39, 0.29) is 23.7 Å². The number of benzene rings is 1. The number of amides is 2. The van der Waals surface area contributed by atoms with E-state index in [2.05, 4.69) is 5.32 Å². The predicted octanol–water partition coefficient (Wildman–Crippen LogP) is 2.18. The summed E-state index contributed by atoms with van der Waals surface area (Å²) >= 11 is 0. The van der Waals surface area contributed by atoms with Crippen molar-refractivity contribution in [2.45, 2.75) is 31.7 Å². The molecule has 1 aliphatic rings. The number of anilines is 1. The van der Waals surface area contributed by atoms with Gasteiger partial charge < -0.3 is 15.5 Å². The third kappa shape index (κ3) is 3.87. The van der Waals surface area contributed by atoms with Crippen LogP contribution in [-0.2, 0) is 4.79 Å². The number of carboxylic acids is 1. The summed E-state index contributed by atoms with van der Waals surface area (Å²) in [5.41, 5.74) is 0.685. The Labute approximate surface area is 123 Å². The monoisotopic (exact) mass is 292 g/mol. The molecule has 2 amide bonds. The first-order valence-electron chi connectivity index (χ1n) is 7.03. The molecule has 0 spiro atoms. The molecule has 0 aliphatic heterocycles. The number of rotatable bonds is 3. The van der Waals surface area contributed by atoms with E-state index < -0.39 is 5.97 Å². The van der Waals surface area contributed by atoms with Crippen molar-refractivity contribution >= 4 is 17.7 Å². The number of carboxylic acid groups (broad SMARTS) is 1. The zero-order chi connectivity index (χ0) is 15.4. The molecule has 1 aromatic carbocycles. The molecule has 0 atom stereocenters. The number of hydrogen-bond donors (Lipinski definition) is 3. The highest BCUT2D eigenvalue weighted by Crippen LogP contribution is 2.25.